The molecule has 0 aromatic rings. The van der Waals surface area contributed by atoms with Crippen molar-refractivity contribution in [2.24, 2.45) is 59.2 Å². The van der Waals surface area contributed by atoms with Gasteiger partial charge in [0, 0.05) is 0 Å². The second kappa shape index (κ2) is 13.6. The summed E-state index contributed by atoms with van der Waals surface area (Å²) in [7, 11) is 0. The van der Waals surface area contributed by atoms with Gasteiger partial charge in [0.1, 0.15) is 0 Å². The Morgan fingerprint density at radius 3 is 1.61 bits per heavy atom. The summed E-state index contributed by atoms with van der Waals surface area (Å²) < 4.78 is 0. The summed E-state index contributed by atoms with van der Waals surface area (Å²) in [5.41, 5.74) is 0. The smallest absolute Gasteiger partial charge is 0.0355 e. The highest BCUT2D eigenvalue weighted by Crippen LogP contribution is 2.51. The van der Waals surface area contributed by atoms with Gasteiger partial charge >= 0.3 is 0 Å². The van der Waals surface area contributed by atoms with Gasteiger partial charge in [0.15, 0.2) is 0 Å². The highest BCUT2D eigenvalue weighted by atomic mass is 14.5. The maximum absolute atomic E-state index is 2.53. The molecule has 0 bridgehead atoms. The molecule has 31 heavy (non-hydrogen) atoms. The van der Waals surface area contributed by atoms with Crippen LogP contribution in [0.5, 0.6) is 0 Å². The van der Waals surface area contributed by atoms with Crippen LogP contribution in [0.4, 0.5) is 0 Å². The van der Waals surface area contributed by atoms with Gasteiger partial charge in [-0.1, -0.05) is 126 Å². The average molecular weight is 433 g/mol. The van der Waals surface area contributed by atoms with Crippen molar-refractivity contribution in [2.45, 2.75) is 139 Å². The highest BCUT2D eigenvalue weighted by molar-refractivity contribution is 4.93. The molecule has 0 amide bonds. The van der Waals surface area contributed by atoms with Crippen LogP contribution in [0.1, 0.15) is 139 Å². The maximum atomic E-state index is 2.53. The monoisotopic (exact) mass is 432 g/mol. The van der Waals surface area contributed by atoms with E-state index in [2.05, 4.69) is 55.4 Å². The zero-order valence-electron chi connectivity index (χ0n) is 23.0. The van der Waals surface area contributed by atoms with E-state index in [0.29, 0.717) is 0 Å². The van der Waals surface area contributed by atoms with Crippen molar-refractivity contribution in [2.75, 3.05) is 0 Å². The number of rotatable bonds is 16. The number of hydrogen-bond acceptors (Lipinski definition) is 0. The van der Waals surface area contributed by atoms with Crippen LogP contribution in [-0.4, -0.2) is 0 Å². The quantitative estimate of drug-likeness (QED) is 0.213. The summed E-state index contributed by atoms with van der Waals surface area (Å²) in [6, 6.07) is 0. The molecule has 184 valence electrons. The third kappa shape index (κ3) is 7.24. The van der Waals surface area contributed by atoms with Crippen molar-refractivity contribution in [1.82, 2.24) is 0 Å². The summed E-state index contributed by atoms with van der Waals surface area (Å²) in [4.78, 5) is 0. The van der Waals surface area contributed by atoms with E-state index in [4.69, 9.17) is 0 Å². The molecule has 0 nitrogen and oxygen atoms in total. The highest BCUT2D eigenvalue weighted by Gasteiger charge is 2.44. The largest absolute Gasteiger partial charge is 0.0654 e. The first-order valence-corrected chi connectivity index (χ1v) is 14.8. The summed E-state index contributed by atoms with van der Waals surface area (Å²) in [6.45, 7) is 19.8. The Morgan fingerprint density at radius 2 is 1.03 bits per heavy atom. The topological polar surface area (TPSA) is 0 Å². The van der Waals surface area contributed by atoms with Crippen molar-refractivity contribution >= 4 is 0 Å². The molecular weight excluding hydrogens is 372 g/mol. The van der Waals surface area contributed by atoms with Crippen molar-refractivity contribution in [3.8, 4) is 0 Å². The fraction of sp³-hybridized carbons (Fsp3) is 1.00. The molecule has 0 saturated heterocycles. The standard InChI is InChI=1S/C31H60/c1-9-14-27(19-21-31-26(8)25(7)29(31)15-10-2)17-13-12-16-22(4)18-20-30-24(6)23(5)28(30)11-3/h22-31H,9-21H2,1-8H3. The predicted octanol–water partition coefficient (Wildman–Crippen LogP) is 10.4. The molecule has 0 aromatic carbocycles. The summed E-state index contributed by atoms with van der Waals surface area (Å²) in [5, 5.41) is 0. The lowest BCUT2D eigenvalue weighted by molar-refractivity contribution is -0.0141. The van der Waals surface area contributed by atoms with Gasteiger partial charge in [-0.25, -0.2) is 0 Å². The van der Waals surface area contributed by atoms with Gasteiger partial charge in [-0.15, -0.1) is 0 Å². The van der Waals surface area contributed by atoms with Gasteiger partial charge in [-0.3, -0.25) is 0 Å². The zero-order valence-corrected chi connectivity index (χ0v) is 23.0. The van der Waals surface area contributed by atoms with E-state index in [0.717, 1.165) is 59.2 Å². The van der Waals surface area contributed by atoms with Crippen LogP contribution in [0.15, 0.2) is 0 Å². The summed E-state index contributed by atoms with van der Waals surface area (Å²) in [5.74, 6) is 10.00. The minimum atomic E-state index is 0.942. The number of unbranched alkanes of at least 4 members (excludes halogenated alkanes) is 1. The first-order chi connectivity index (χ1) is 14.8. The molecule has 0 aromatic heterocycles. The van der Waals surface area contributed by atoms with Crippen molar-refractivity contribution in [3.05, 3.63) is 0 Å². The van der Waals surface area contributed by atoms with E-state index in [1.807, 2.05) is 0 Å². The molecule has 0 heterocycles. The van der Waals surface area contributed by atoms with Crippen molar-refractivity contribution in [3.63, 3.8) is 0 Å². The van der Waals surface area contributed by atoms with Gasteiger partial charge in [-0.05, 0) is 72.0 Å². The molecular formula is C31H60. The minimum absolute atomic E-state index is 0.942. The molecule has 0 aliphatic heterocycles. The van der Waals surface area contributed by atoms with Gasteiger partial charge < -0.3 is 0 Å². The Morgan fingerprint density at radius 1 is 0.516 bits per heavy atom. The molecule has 10 unspecified atom stereocenters. The summed E-state index contributed by atoms with van der Waals surface area (Å²) >= 11 is 0. The van der Waals surface area contributed by atoms with Gasteiger partial charge in [0.2, 0.25) is 0 Å². The van der Waals surface area contributed by atoms with Crippen LogP contribution < -0.4 is 0 Å². The van der Waals surface area contributed by atoms with E-state index >= 15 is 0 Å². The van der Waals surface area contributed by atoms with E-state index in [9.17, 15) is 0 Å². The van der Waals surface area contributed by atoms with Gasteiger partial charge in [0.25, 0.3) is 0 Å². The second-order valence-electron chi connectivity index (χ2n) is 12.5. The molecule has 2 rings (SSSR count). The Labute approximate surface area is 198 Å². The van der Waals surface area contributed by atoms with Crippen LogP contribution >= 0.6 is 0 Å². The van der Waals surface area contributed by atoms with E-state index in [-0.39, 0.29) is 0 Å². The molecule has 0 radical (unpaired) electrons. The van der Waals surface area contributed by atoms with Crippen LogP contribution in [-0.2, 0) is 0 Å². The summed E-state index contributed by atoms with van der Waals surface area (Å²) in [6.07, 6.45) is 19.1. The fourth-order valence-electron chi connectivity index (χ4n) is 8.08. The first kappa shape index (κ1) is 27.2. The Kier molecular flexibility index (Phi) is 12.0. The minimum Gasteiger partial charge on any atom is -0.0654 e. The van der Waals surface area contributed by atoms with Crippen molar-refractivity contribution in [1.29, 1.82) is 0 Å². The fourth-order valence-corrected chi connectivity index (χ4v) is 8.08. The Balaban J connectivity index is 1.61. The van der Waals surface area contributed by atoms with Gasteiger partial charge in [-0.2, -0.15) is 0 Å². The van der Waals surface area contributed by atoms with Crippen LogP contribution in [0.2, 0.25) is 0 Å². The normalized spacial score (nSPS) is 37.2. The van der Waals surface area contributed by atoms with E-state index in [1.165, 1.54) is 83.5 Å². The maximum Gasteiger partial charge on any atom is -0.0355 e. The van der Waals surface area contributed by atoms with E-state index < -0.39 is 0 Å². The molecule has 2 saturated carbocycles. The molecule has 2 aliphatic carbocycles. The third-order valence-corrected chi connectivity index (χ3v) is 10.7. The Hall–Kier alpha value is 0. The molecule has 0 spiro atoms. The first-order valence-electron chi connectivity index (χ1n) is 14.8. The average Bonchev–Trinajstić information content (AvgIpc) is 2.77. The second-order valence-corrected chi connectivity index (χ2v) is 12.5. The Bertz CT molecular complexity index is 467. The lowest BCUT2D eigenvalue weighted by Crippen LogP contribution is -2.43. The molecule has 0 heteroatoms. The predicted molar refractivity (Wildman–Crippen MR) is 140 cm³/mol. The molecule has 2 aliphatic rings. The molecule has 2 fully saturated rings. The lowest BCUT2D eigenvalue weighted by atomic mass is 9.55. The molecule has 10 atom stereocenters. The van der Waals surface area contributed by atoms with Gasteiger partial charge in [0.05, 0.1) is 0 Å². The van der Waals surface area contributed by atoms with Crippen LogP contribution in [0.3, 0.4) is 0 Å². The number of hydrogen-bond donors (Lipinski definition) is 0. The zero-order chi connectivity index (χ0) is 23.0. The van der Waals surface area contributed by atoms with E-state index in [1.54, 1.807) is 0 Å². The third-order valence-electron chi connectivity index (χ3n) is 10.7. The SMILES string of the molecule is CCCC(CCCCC(C)CCC1C(C)C(C)C1CC)CCC1C(C)C(C)C1CCC. The lowest BCUT2D eigenvalue weighted by Gasteiger charge is -2.50. The van der Waals surface area contributed by atoms with Crippen molar-refractivity contribution < 1.29 is 0 Å². The molecule has 0 N–H and O–H groups in total. The van der Waals surface area contributed by atoms with Crippen LogP contribution in [0, 0.1) is 59.2 Å². The van der Waals surface area contributed by atoms with Crippen LogP contribution in [0.25, 0.3) is 0 Å².